The third-order valence-electron chi connectivity index (χ3n) is 3.69. The molecule has 3 atom stereocenters. The van der Waals surface area contributed by atoms with Crippen molar-refractivity contribution in [2.24, 2.45) is 11.8 Å². The highest BCUT2D eigenvalue weighted by atomic mass is 16.5. The van der Waals surface area contributed by atoms with E-state index in [1.165, 1.54) is 7.11 Å². The van der Waals surface area contributed by atoms with Gasteiger partial charge in [-0.3, -0.25) is 19.7 Å². The van der Waals surface area contributed by atoms with Crippen molar-refractivity contribution in [1.82, 2.24) is 10.6 Å². The van der Waals surface area contributed by atoms with Gasteiger partial charge in [0.05, 0.1) is 19.8 Å². The van der Waals surface area contributed by atoms with Crippen LogP contribution < -0.4 is 10.6 Å². The molecule has 0 aromatic heterocycles. The van der Waals surface area contributed by atoms with Gasteiger partial charge in [-0.15, -0.1) is 0 Å². The van der Waals surface area contributed by atoms with Gasteiger partial charge in [0.2, 0.25) is 5.91 Å². The van der Waals surface area contributed by atoms with Gasteiger partial charge in [-0.05, 0) is 18.8 Å². The van der Waals surface area contributed by atoms with E-state index in [-0.39, 0.29) is 30.9 Å². The molecule has 134 valence electrons. The number of esters is 2. The Hall–Kier alpha value is -1.63. The number of methoxy groups -OCH3 is 1. The minimum Gasteiger partial charge on any atom is -0.468 e. The minimum absolute atomic E-state index is 0.0153. The summed E-state index contributed by atoms with van der Waals surface area (Å²) in [5.74, 6) is -1.28. The molecule has 0 aliphatic heterocycles. The molecule has 0 aromatic rings. The van der Waals surface area contributed by atoms with Crippen molar-refractivity contribution in [3.05, 3.63) is 0 Å². The van der Waals surface area contributed by atoms with E-state index in [2.05, 4.69) is 10.6 Å². The van der Waals surface area contributed by atoms with Crippen molar-refractivity contribution in [1.29, 1.82) is 0 Å². The van der Waals surface area contributed by atoms with Gasteiger partial charge in [-0.2, -0.15) is 0 Å². The first-order valence-electron chi connectivity index (χ1n) is 8.05. The summed E-state index contributed by atoms with van der Waals surface area (Å²) >= 11 is 0. The van der Waals surface area contributed by atoms with Gasteiger partial charge in [-0.1, -0.05) is 34.1 Å². The number of nitrogens with one attached hydrogen (secondary N) is 2. The van der Waals surface area contributed by atoms with Gasteiger partial charge in [0, 0.05) is 0 Å². The first kappa shape index (κ1) is 21.4. The quantitative estimate of drug-likeness (QED) is 0.577. The highest BCUT2D eigenvalue weighted by Gasteiger charge is 2.32. The molecule has 0 unspecified atom stereocenters. The number of carbonyl (C=O) groups is 3. The van der Waals surface area contributed by atoms with E-state index < -0.39 is 24.0 Å². The third kappa shape index (κ3) is 7.45. The number of amides is 1. The maximum atomic E-state index is 12.3. The molecule has 0 saturated carbocycles. The SMILES string of the molecule is CCOC(=O)CNC(=O)[C@H](N[C@H](C(=O)OC)[C@@H](C)CC)C(C)C. The molecule has 0 saturated heterocycles. The molecular weight excluding hydrogens is 300 g/mol. The van der Waals surface area contributed by atoms with Gasteiger partial charge in [0.1, 0.15) is 12.6 Å². The average molecular weight is 330 g/mol. The van der Waals surface area contributed by atoms with Crippen molar-refractivity contribution < 1.29 is 23.9 Å². The Morgan fingerprint density at radius 1 is 1.04 bits per heavy atom. The van der Waals surface area contributed by atoms with E-state index in [4.69, 9.17) is 9.47 Å². The highest BCUT2D eigenvalue weighted by Crippen LogP contribution is 2.13. The summed E-state index contributed by atoms with van der Waals surface area (Å²) in [4.78, 5) is 35.6. The number of hydrogen-bond acceptors (Lipinski definition) is 6. The number of ether oxygens (including phenoxy) is 2. The molecule has 0 rings (SSSR count). The Morgan fingerprint density at radius 2 is 1.65 bits per heavy atom. The van der Waals surface area contributed by atoms with Crippen molar-refractivity contribution in [2.45, 2.75) is 53.1 Å². The summed E-state index contributed by atoms with van der Waals surface area (Å²) in [7, 11) is 1.32. The maximum Gasteiger partial charge on any atom is 0.325 e. The number of carbonyl (C=O) groups excluding carboxylic acids is 3. The molecule has 0 aromatic carbocycles. The first-order valence-corrected chi connectivity index (χ1v) is 8.05. The maximum absolute atomic E-state index is 12.3. The topological polar surface area (TPSA) is 93.7 Å². The average Bonchev–Trinajstić information content (AvgIpc) is 2.52. The van der Waals surface area contributed by atoms with Crippen molar-refractivity contribution in [3.8, 4) is 0 Å². The van der Waals surface area contributed by atoms with Crippen LogP contribution in [0.1, 0.15) is 41.0 Å². The second-order valence-electron chi connectivity index (χ2n) is 5.80. The molecule has 7 nitrogen and oxygen atoms in total. The van der Waals surface area contributed by atoms with Crippen LogP contribution in [-0.4, -0.2) is 50.2 Å². The zero-order chi connectivity index (χ0) is 18.0. The van der Waals surface area contributed by atoms with Crippen LogP contribution in [0.4, 0.5) is 0 Å². The molecule has 0 heterocycles. The van der Waals surface area contributed by atoms with Crippen LogP contribution in [0.2, 0.25) is 0 Å². The lowest BCUT2D eigenvalue weighted by Gasteiger charge is -2.29. The zero-order valence-electron chi connectivity index (χ0n) is 15.0. The minimum atomic E-state index is -0.609. The smallest absolute Gasteiger partial charge is 0.325 e. The summed E-state index contributed by atoms with van der Waals surface area (Å²) in [6, 6.07) is -1.19. The lowest BCUT2D eigenvalue weighted by atomic mass is 9.95. The van der Waals surface area contributed by atoms with Crippen LogP contribution in [0.25, 0.3) is 0 Å². The summed E-state index contributed by atoms with van der Waals surface area (Å²) < 4.78 is 9.60. The molecule has 2 N–H and O–H groups in total. The molecule has 0 aliphatic carbocycles. The second kappa shape index (κ2) is 11.0. The van der Waals surface area contributed by atoms with Crippen molar-refractivity contribution in [2.75, 3.05) is 20.3 Å². The van der Waals surface area contributed by atoms with E-state index in [1.807, 2.05) is 27.7 Å². The standard InChI is InChI=1S/C16H30N2O5/c1-7-11(5)14(16(21)22-6)18-13(10(3)4)15(20)17-9-12(19)23-8-2/h10-11,13-14,18H,7-9H2,1-6H3,(H,17,20)/t11-,13+,14-/m0/s1. The molecule has 0 spiro atoms. The zero-order valence-corrected chi connectivity index (χ0v) is 15.0. The summed E-state index contributed by atoms with van der Waals surface area (Å²) in [6.45, 7) is 9.39. The molecule has 0 bridgehead atoms. The van der Waals surface area contributed by atoms with Crippen molar-refractivity contribution >= 4 is 17.8 Å². The molecule has 0 radical (unpaired) electrons. The Kier molecular flexibility index (Phi) is 10.2. The Balaban J connectivity index is 4.90. The lowest BCUT2D eigenvalue weighted by molar-refractivity contribution is -0.146. The largest absolute Gasteiger partial charge is 0.468 e. The Bertz CT molecular complexity index is 398. The Labute approximate surface area is 138 Å². The monoisotopic (exact) mass is 330 g/mol. The summed E-state index contributed by atoms with van der Waals surface area (Å²) in [5, 5.41) is 5.61. The van der Waals surface area contributed by atoms with Gasteiger partial charge < -0.3 is 14.8 Å². The predicted octanol–water partition coefficient (Wildman–Crippen LogP) is 0.868. The van der Waals surface area contributed by atoms with Crippen LogP contribution in [-0.2, 0) is 23.9 Å². The van der Waals surface area contributed by atoms with Gasteiger partial charge >= 0.3 is 11.9 Å². The summed E-state index contributed by atoms with van der Waals surface area (Å²) in [5.41, 5.74) is 0. The van der Waals surface area contributed by atoms with Crippen LogP contribution in [0.3, 0.4) is 0 Å². The van der Waals surface area contributed by atoms with Crippen LogP contribution in [0, 0.1) is 11.8 Å². The van der Waals surface area contributed by atoms with E-state index >= 15 is 0 Å². The van der Waals surface area contributed by atoms with E-state index in [9.17, 15) is 14.4 Å². The van der Waals surface area contributed by atoms with Crippen LogP contribution in [0.5, 0.6) is 0 Å². The van der Waals surface area contributed by atoms with E-state index in [1.54, 1.807) is 6.92 Å². The fourth-order valence-corrected chi connectivity index (χ4v) is 2.07. The number of hydrogen-bond donors (Lipinski definition) is 2. The second-order valence-corrected chi connectivity index (χ2v) is 5.80. The van der Waals surface area contributed by atoms with E-state index in [0.29, 0.717) is 0 Å². The fraction of sp³-hybridized carbons (Fsp3) is 0.812. The Morgan fingerprint density at radius 3 is 2.09 bits per heavy atom. The lowest BCUT2D eigenvalue weighted by Crippen LogP contribution is -2.56. The molecule has 23 heavy (non-hydrogen) atoms. The summed E-state index contributed by atoms with van der Waals surface area (Å²) in [6.07, 6.45) is 0.766. The van der Waals surface area contributed by atoms with Crippen molar-refractivity contribution in [3.63, 3.8) is 0 Å². The normalized spacial score (nSPS) is 14.7. The van der Waals surface area contributed by atoms with Crippen LogP contribution >= 0.6 is 0 Å². The van der Waals surface area contributed by atoms with E-state index in [0.717, 1.165) is 6.42 Å². The third-order valence-corrected chi connectivity index (χ3v) is 3.69. The van der Waals surface area contributed by atoms with Gasteiger partial charge in [-0.25, -0.2) is 0 Å². The van der Waals surface area contributed by atoms with Gasteiger partial charge in [0.25, 0.3) is 0 Å². The predicted molar refractivity (Wildman–Crippen MR) is 86.7 cm³/mol. The van der Waals surface area contributed by atoms with Gasteiger partial charge in [0.15, 0.2) is 0 Å². The van der Waals surface area contributed by atoms with Crippen LogP contribution in [0.15, 0.2) is 0 Å². The highest BCUT2D eigenvalue weighted by molar-refractivity contribution is 5.86. The molecule has 0 fully saturated rings. The molecular formula is C16H30N2O5. The number of rotatable bonds is 10. The molecule has 0 aliphatic rings. The first-order chi connectivity index (χ1) is 10.8. The fourth-order valence-electron chi connectivity index (χ4n) is 2.07. The molecule has 7 heteroatoms. The molecule has 1 amide bonds.